The van der Waals surface area contributed by atoms with Crippen molar-refractivity contribution >= 4 is 29.0 Å². The third-order valence-corrected chi connectivity index (χ3v) is 3.00. The van der Waals surface area contributed by atoms with Gasteiger partial charge in [0.2, 0.25) is 11.8 Å². The number of carbonyl (C=O) groups is 3. The van der Waals surface area contributed by atoms with Gasteiger partial charge in [-0.3, -0.25) is 14.4 Å². The predicted octanol–water partition coefficient (Wildman–Crippen LogP) is 0.975. The maximum Gasteiger partial charge on any atom is 0.234 e. The first-order valence-electron chi connectivity index (χ1n) is 5.65. The largest absolute Gasteiger partial charge is 0.316 e. The van der Waals surface area contributed by atoms with Crippen LogP contribution >= 0.6 is 0 Å². The molecule has 0 bridgehead atoms. The molecule has 0 atom stereocenters. The van der Waals surface area contributed by atoms with E-state index < -0.39 is 0 Å². The molecule has 0 N–H and O–H groups in total. The molecular formula is C13H14N2O3. The Labute approximate surface area is 105 Å². The van der Waals surface area contributed by atoms with E-state index in [2.05, 4.69) is 0 Å². The zero-order valence-corrected chi connectivity index (χ0v) is 10.3. The highest BCUT2D eigenvalue weighted by Gasteiger charge is 2.28. The molecule has 2 amide bonds. The highest BCUT2D eigenvalue weighted by Crippen LogP contribution is 2.23. The molecule has 1 aromatic carbocycles. The standard InChI is InChI=1S/C13H14N2O3/c1-9(16)14(2)10-3-5-11(6-4-10)15-8-12(17)7-13(15)18/h3-6H,7-8H2,1-2H3. The van der Waals surface area contributed by atoms with Gasteiger partial charge in [-0.2, -0.15) is 0 Å². The summed E-state index contributed by atoms with van der Waals surface area (Å²) in [5.41, 5.74) is 1.44. The normalized spacial score (nSPS) is 15.1. The molecule has 0 unspecified atom stereocenters. The number of amides is 2. The number of Topliss-reactive ketones (excluding diaryl/α,β-unsaturated/α-hetero) is 1. The lowest BCUT2D eigenvalue weighted by Gasteiger charge is -2.18. The van der Waals surface area contributed by atoms with Crippen LogP contribution in [0.2, 0.25) is 0 Å². The first kappa shape index (κ1) is 12.3. The summed E-state index contributed by atoms with van der Waals surface area (Å²) in [5.74, 6) is -0.298. The van der Waals surface area contributed by atoms with Crippen LogP contribution in [0.25, 0.3) is 0 Å². The van der Waals surface area contributed by atoms with Crippen molar-refractivity contribution in [2.75, 3.05) is 23.4 Å². The Balaban J connectivity index is 2.20. The van der Waals surface area contributed by atoms with Crippen molar-refractivity contribution in [2.45, 2.75) is 13.3 Å². The summed E-state index contributed by atoms with van der Waals surface area (Å²) in [7, 11) is 1.68. The van der Waals surface area contributed by atoms with Crippen LogP contribution in [-0.2, 0) is 14.4 Å². The number of rotatable bonds is 2. The average Bonchev–Trinajstić information content (AvgIpc) is 2.67. The molecule has 18 heavy (non-hydrogen) atoms. The van der Waals surface area contributed by atoms with Crippen LogP contribution in [0, 0.1) is 0 Å². The predicted molar refractivity (Wildman–Crippen MR) is 67.5 cm³/mol. The monoisotopic (exact) mass is 246 g/mol. The van der Waals surface area contributed by atoms with Crippen LogP contribution < -0.4 is 9.80 Å². The zero-order valence-electron chi connectivity index (χ0n) is 10.3. The third-order valence-electron chi connectivity index (χ3n) is 3.00. The Morgan fingerprint density at radius 3 is 2.28 bits per heavy atom. The van der Waals surface area contributed by atoms with Crippen LogP contribution in [0.1, 0.15) is 13.3 Å². The van der Waals surface area contributed by atoms with Gasteiger partial charge >= 0.3 is 0 Å². The maximum atomic E-state index is 11.6. The Hall–Kier alpha value is -2.17. The van der Waals surface area contributed by atoms with E-state index >= 15 is 0 Å². The van der Waals surface area contributed by atoms with Gasteiger partial charge in [0.25, 0.3) is 0 Å². The summed E-state index contributed by atoms with van der Waals surface area (Å²) < 4.78 is 0. The van der Waals surface area contributed by atoms with Crippen molar-refractivity contribution < 1.29 is 14.4 Å². The van der Waals surface area contributed by atoms with Gasteiger partial charge in [0.15, 0.2) is 5.78 Å². The molecule has 1 heterocycles. The van der Waals surface area contributed by atoms with Crippen molar-refractivity contribution in [1.29, 1.82) is 0 Å². The van der Waals surface area contributed by atoms with Gasteiger partial charge in [0.05, 0.1) is 13.0 Å². The summed E-state index contributed by atoms with van der Waals surface area (Å²) in [6.45, 7) is 1.62. The number of carbonyl (C=O) groups excluding carboxylic acids is 3. The number of nitrogens with zero attached hydrogens (tertiary/aromatic N) is 2. The molecule has 1 aliphatic heterocycles. The lowest BCUT2D eigenvalue weighted by Crippen LogP contribution is -2.25. The second-order valence-electron chi connectivity index (χ2n) is 4.29. The van der Waals surface area contributed by atoms with E-state index in [1.54, 1.807) is 31.3 Å². The van der Waals surface area contributed by atoms with E-state index in [-0.39, 0.29) is 30.6 Å². The molecule has 2 rings (SSSR count). The summed E-state index contributed by atoms with van der Waals surface area (Å²) in [6, 6.07) is 7.00. The van der Waals surface area contributed by atoms with E-state index in [0.717, 1.165) is 5.69 Å². The first-order valence-corrected chi connectivity index (χ1v) is 5.65. The molecule has 94 valence electrons. The number of ketones is 1. The van der Waals surface area contributed by atoms with Crippen LogP contribution in [-0.4, -0.2) is 31.2 Å². The number of hydrogen-bond acceptors (Lipinski definition) is 3. The molecule has 0 aromatic heterocycles. The van der Waals surface area contributed by atoms with E-state index in [1.165, 1.54) is 16.7 Å². The SMILES string of the molecule is CC(=O)N(C)c1ccc(N2CC(=O)CC2=O)cc1. The second kappa shape index (κ2) is 4.60. The summed E-state index contributed by atoms with van der Waals surface area (Å²) >= 11 is 0. The van der Waals surface area contributed by atoms with Crippen molar-refractivity contribution in [3.8, 4) is 0 Å². The van der Waals surface area contributed by atoms with Gasteiger partial charge in [0.1, 0.15) is 0 Å². The number of hydrogen-bond donors (Lipinski definition) is 0. The van der Waals surface area contributed by atoms with E-state index in [0.29, 0.717) is 5.69 Å². The van der Waals surface area contributed by atoms with Gasteiger partial charge in [0, 0.05) is 25.3 Å². The molecule has 1 aromatic rings. The van der Waals surface area contributed by atoms with Crippen LogP contribution in [0.3, 0.4) is 0 Å². The molecular weight excluding hydrogens is 232 g/mol. The summed E-state index contributed by atoms with van der Waals surface area (Å²) in [5, 5.41) is 0. The Kier molecular flexibility index (Phi) is 3.14. The molecule has 1 saturated heterocycles. The first-order chi connectivity index (χ1) is 8.49. The molecule has 5 heteroatoms. The lowest BCUT2D eigenvalue weighted by atomic mass is 10.2. The van der Waals surface area contributed by atoms with Gasteiger partial charge in [-0.05, 0) is 24.3 Å². The fourth-order valence-electron chi connectivity index (χ4n) is 1.86. The van der Waals surface area contributed by atoms with Gasteiger partial charge in [-0.1, -0.05) is 0 Å². The lowest BCUT2D eigenvalue weighted by molar-refractivity contribution is -0.121. The van der Waals surface area contributed by atoms with Gasteiger partial charge in [-0.25, -0.2) is 0 Å². The smallest absolute Gasteiger partial charge is 0.234 e. The Morgan fingerprint density at radius 2 is 1.83 bits per heavy atom. The molecule has 0 spiro atoms. The zero-order chi connectivity index (χ0) is 13.3. The van der Waals surface area contributed by atoms with Crippen molar-refractivity contribution in [2.24, 2.45) is 0 Å². The molecule has 1 fully saturated rings. The Morgan fingerprint density at radius 1 is 1.22 bits per heavy atom. The molecule has 0 saturated carbocycles. The molecule has 0 aliphatic carbocycles. The molecule has 0 radical (unpaired) electrons. The van der Waals surface area contributed by atoms with Crippen molar-refractivity contribution in [3.63, 3.8) is 0 Å². The van der Waals surface area contributed by atoms with Crippen LogP contribution in [0.5, 0.6) is 0 Å². The topological polar surface area (TPSA) is 57.7 Å². The quantitative estimate of drug-likeness (QED) is 0.731. The van der Waals surface area contributed by atoms with Gasteiger partial charge < -0.3 is 9.80 Å². The maximum absolute atomic E-state index is 11.6. The fourth-order valence-corrected chi connectivity index (χ4v) is 1.86. The molecule has 5 nitrogen and oxygen atoms in total. The number of anilines is 2. The Bertz CT molecular complexity index is 507. The highest BCUT2D eigenvalue weighted by atomic mass is 16.2. The van der Waals surface area contributed by atoms with Crippen molar-refractivity contribution in [1.82, 2.24) is 0 Å². The average molecular weight is 246 g/mol. The minimum Gasteiger partial charge on any atom is -0.316 e. The minimum atomic E-state index is -0.173. The summed E-state index contributed by atoms with van der Waals surface area (Å²) in [6.07, 6.45) is -0.0187. The van der Waals surface area contributed by atoms with E-state index in [1.807, 2.05) is 0 Å². The van der Waals surface area contributed by atoms with Crippen LogP contribution in [0.4, 0.5) is 11.4 Å². The van der Waals surface area contributed by atoms with Crippen LogP contribution in [0.15, 0.2) is 24.3 Å². The molecule has 1 aliphatic rings. The van der Waals surface area contributed by atoms with E-state index in [4.69, 9.17) is 0 Å². The minimum absolute atomic E-state index is 0.0187. The number of benzene rings is 1. The van der Waals surface area contributed by atoms with Crippen molar-refractivity contribution in [3.05, 3.63) is 24.3 Å². The fraction of sp³-hybridized carbons (Fsp3) is 0.308. The van der Waals surface area contributed by atoms with E-state index in [9.17, 15) is 14.4 Å². The summed E-state index contributed by atoms with van der Waals surface area (Å²) in [4.78, 5) is 36.9. The third kappa shape index (κ3) is 2.25. The second-order valence-corrected chi connectivity index (χ2v) is 4.29. The van der Waals surface area contributed by atoms with Gasteiger partial charge in [-0.15, -0.1) is 0 Å². The highest BCUT2D eigenvalue weighted by molar-refractivity contribution is 6.15.